The van der Waals surface area contributed by atoms with Crippen LogP contribution in [0.15, 0.2) is 0 Å². The molecule has 0 amide bonds. The van der Waals surface area contributed by atoms with Gasteiger partial charge < -0.3 is 14.6 Å². The van der Waals surface area contributed by atoms with Crippen molar-refractivity contribution in [2.75, 3.05) is 40.3 Å². The summed E-state index contributed by atoms with van der Waals surface area (Å²) in [6.45, 7) is 11.5. The maximum absolute atomic E-state index is 9.17. The largest absolute Gasteiger partial charge is 0.306 e. The van der Waals surface area contributed by atoms with Crippen molar-refractivity contribution in [3.05, 3.63) is 0 Å². The Morgan fingerprint density at radius 3 is 1.00 bits per heavy atom. The van der Waals surface area contributed by atoms with E-state index in [-0.39, 0.29) is 14.9 Å². The Morgan fingerprint density at radius 1 is 0.667 bits per heavy atom. The third-order valence-electron chi connectivity index (χ3n) is 3.83. The standard InChI is InChI=1S/2C6H13N.C4H10.C3H6O.2CH4/c2*1-7-5-3-2-4-6-7;1-3-4-2;1-2-3-4;;/h2*2-6H2,1H3;3-4H2,1-2H3;3H,2H2,1H3;2*1H4. The predicted molar refractivity (Wildman–Crippen MR) is 113 cm³/mol. The van der Waals surface area contributed by atoms with Crippen molar-refractivity contribution in [1.82, 2.24) is 9.80 Å². The number of carbonyl (C=O) groups excluding carboxylic acids is 1. The second-order valence-electron chi connectivity index (χ2n) is 6.30. The second kappa shape index (κ2) is 27.4. The molecule has 0 radical (unpaired) electrons. The van der Waals surface area contributed by atoms with Crippen LogP contribution in [-0.2, 0) is 4.79 Å². The number of carbonyl (C=O) groups is 1. The zero-order valence-electron chi connectivity index (χ0n) is 16.1. The van der Waals surface area contributed by atoms with Crippen molar-refractivity contribution < 1.29 is 4.79 Å². The summed E-state index contributed by atoms with van der Waals surface area (Å²) >= 11 is 0. The first-order valence-electron chi connectivity index (χ1n) is 9.42. The third kappa shape index (κ3) is 29.6. The van der Waals surface area contributed by atoms with Crippen LogP contribution in [0.2, 0.25) is 0 Å². The molecular weight excluding hydrogens is 296 g/mol. The zero-order valence-corrected chi connectivity index (χ0v) is 16.1. The molecule has 0 saturated carbocycles. The zero-order chi connectivity index (χ0) is 17.1. The van der Waals surface area contributed by atoms with E-state index in [1.807, 2.05) is 6.92 Å². The van der Waals surface area contributed by atoms with E-state index in [0.717, 1.165) is 6.29 Å². The predicted octanol–water partition coefficient (Wildman–Crippen LogP) is 5.88. The summed E-state index contributed by atoms with van der Waals surface area (Å²) in [7, 11) is 4.39. The van der Waals surface area contributed by atoms with E-state index in [1.165, 1.54) is 77.5 Å². The highest BCUT2D eigenvalue weighted by molar-refractivity contribution is 5.48. The van der Waals surface area contributed by atoms with Crippen LogP contribution in [0, 0.1) is 0 Å². The lowest BCUT2D eigenvalue weighted by Gasteiger charge is -2.20. The van der Waals surface area contributed by atoms with E-state index in [0.29, 0.717) is 6.42 Å². The van der Waals surface area contributed by atoms with Gasteiger partial charge in [-0.1, -0.05) is 61.3 Å². The van der Waals surface area contributed by atoms with Crippen LogP contribution in [-0.4, -0.2) is 56.4 Å². The number of likely N-dealkylation sites (tertiary alicyclic amines) is 2. The quantitative estimate of drug-likeness (QED) is 0.583. The fourth-order valence-electron chi connectivity index (χ4n) is 2.10. The van der Waals surface area contributed by atoms with Gasteiger partial charge in [-0.3, -0.25) is 0 Å². The van der Waals surface area contributed by atoms with Gasteiger partial charge in [-0.2, -0.15) is 0 Å². The Balaban J connectivity index is -0.000000112. The van der Waals surface area contributed by atoms with Crippen molar-refractivity contribution >= 4 is 6.29 Å². The molecular formula is C21H50N2O. The Labute approximate surface area is 155 Å². The topological polar surface area (TPSA) is 23.6 Å². The monoisotopic (exact) mass is 346 g/mol. The summed E-state index contributed by atoms with van der Waals surface area (Å²) in [6, 6.07) is 0. The Hall–Kier alpha value is -0.410. The molecule has 2 aliphatic rings. The second-order valence-corrected chi connectivity index (χ2v) is 6.30. The van der Waals surface area contributed by atoms with Gasteiger partial charge in [0, 0.05) is 6.42 Å². The van der Waals surface area contributed by atoms with Gasteiger partial charge in [0.2, 0.25) is 0 Å². The van der Waals surface area contributed by atoms with Crippen molar-refractivity contribution in [3.8, 4) is 0 Å². The number of rotatable bonds is 2. The summed E-state index contributed by atoms with van der Waals surface area (Å²) < 4.78 is 0. The number of nitrogens with zero attached hydrogens (tertiary/aromatic N) is 2. The number of hydrogen-bond acceptors (Lipinski definition) is 3. The summed E-state index contributed by atoms with van der Waals surface area (Å²) in [4.78, 5) is 14.0. The van der Waals surface area contributed by atoms with Crippen LogP contribution >= 0.6 is 0 Å². The van der Waals surface area contributed by atoms with E-state index in [9.17, 15) is 4.79 Å². The summed E-state index contributed by atoms with van der Waals surface area (Å²) in [5.41, 5.74) is 0. The Morgan fingerprint density at radius 2 is 0.917 bits per heavy atom. The lowest BCUT2D eigenvalue weighted by atomic mass is 10.1. The molecule has 0 unspecified atom stereocenters. The first-order valence-corrected chi connectivity index (χ1v) is 9.42. The lowest BCUT2D eigenvalue weighted by Crippen LogP contribution is -2.24. The van der Waals surface area contributed by atoms with Gasteiger partial charge in [-0.25, -0.2) is 0 Å². The van der Waals surface area contributed by atoms with Crippen LogP contribution < -0.4 is 0 Å². The normalized spacial score (nSPS) is 17.0. The smallest absolute Gasteiger partial charge is 0.119 e. The van der Waals surface area contributed by atoms with Crippen LogP contribution in [0.3, 0.4) is 0 Å². The molecule has 0 bridgehead atoms. The SMILES string of the molecule is C.C.CCC=O.CCCC.CN1CCCCC1.CN1CCCCC1. The van der Waals surface area contributed by atoms with E-state index in [4.69, 9.17) is 0 Å². The van der Waals surface area contributed by atoms with E-state index in [2.05, 4.69) is 37.7 Å². The molecule has 0 spiro atoms. The molecule has 24 heavy (non-hydrogen) atoms. The average Bonchev–Trinajstić information content (AvgIpc) is 2.57. The average molecular weight is 347 g/mol. The van der Waals surface area contributed by atoms with Gasteiger partial charge in [-0.05, 0) is 66.0 Å². The third-order valence-corrected chi connectivity index (χ3v) is 3.83. The number of piperidine rings is 2. The minimum Gasteiger partial charge on any atom is -0.306 e. The molecule has 3 nitrogen and oxygen atoms in total. The molecule has 0 aromatic rings. The van der Waals surface area contributed by atoms with Crippen LogP contribution in [0.1, 0.15) is 93.4 Å². The minimum absolute atomic E-state index is 0. The molecule has 2 aliphatic heterocycles. The van der Waals surface area contributed by atoms with E-state index in [1.54, 1.807) is 0 Å². The number of aldehydes is 1. The summed E-state index contributed by atoms with van der Waals surface area (Å²) in [5, 5.41) is 0. The van der Waals surface area contributed by atoms with Crippen LogP contribution in [0.4, 0.5) is 0 Å². The van der Waals surface area contributed by atoms with Crippen molar-refractivity contribution in [3.63, 3.8) is 0 Å². The van der Waals surface area contributed by atoms with Gasteiger partial charge in [0.25, 0.3) is 0 Å². The summed E-state index contributed by atoms with van der Waals surface area (Å²) in [6.07, 6.45) is 12.7. The Bertz CT molecular complexity index is 180. The molecule has 150 valence electrons. The van der Waals surface area contributed by atoms with Gasteiger partial charge >= 0.3 is 0 Å². The fraction of sp³-hybridized carbons (Fsp3) is 0.952. The molecule has 2 heterocycles. The summed E-state index contributed by atoms with van der Waals surface area (Å²) in [5.74, 6) is 0. The molecule has 3 heteroatoms. The van der Waals surface area contributed by atoms with E-state index >= 15 is 0 Å². The highest BCUT2D eigenvalue weighted by Crippen LogP contribution is 2.05. The lowest BCUT2D eigenvalue weighted by molar-refractivity contribution is -0.107. The maximum atomic E-state index is 9.17. The van der Waals surface area contributed by atoms with E-state index < -0.39 is 0 Å². The van der Waals surface area contributed by atoms with Gasteiger partial charge in [0.05, 0.1) is 0 Å². The molecule has 2 fully saturated rings. The highest BCUT2D eigenvalue weighted by atomic mass is 16.1. The first-order chi connectivity index (χ1) is 10.6. The molecule has 2 saturated heterocycles. The maximum Gasteiger partial charge on any atom is 0.119 e. The first kappa shape index (κ1) is 31.4. The van der Waals surface area contributed by atoms with Gasteiger partial charge in [-0.15, -0.1) is 0 Å². The molecule has 2 rings (SSSR count). The molecule has 0 N–H and O–H groups in total. The number of hydrogen-bond donors (Lipinski definition) is 0. The molecule has 0 atom stereocenters. The molecule has 0 aliphatic carbocycles. The number of unbranched alkanes of at least 4 members (excludes halogenated alkanes) is 1. The van der Waals surface area contributed by atoms with Crippen molar-refractivity contribution in [1.29, 1.82) is 0 Å². The molecule has 0 aromatic carbocycles. The van der Waals surface area contributed by atoms with Gasteiger partial charge in [0.15, 0.2) is 0 Å². The Kier molecular flexibility index (Phi) is 35.9. The van der Waals surface area contributed by atoms with Crippen LogP contribution in [0.25, 0.3) is 0 Å². The highest BCUT2D eigenvalue weighted by Gasteiger charge is 2.02. The fourth-order valence-corrected chi connectivity index (χ4v) is 2.10. The van der Waals surface area contributed by atoms with Crippen molar-refractivity contribution in [2.24, 2.45) is 0 Å². The van der Waals surface area contributed by atoms with Crippen molar-refractivity contribution in [2.45, 2.75) is 93.4 Å². The van der Waals surface area contributed by atoms with Gasteiger partial charge in [0.1, 0.15) is 6.29 Å². The minimum atomic E-state index is 0. The molecule has 0 aromatic heterocycles. The van der Waals surface area contributed by atoms with Crippen LogP contribution in [0.5, 0.6) is 0 Å².